The lowest BCUT2D eigenvalue weighted by atomic mass is 10.2. The summed E-state index contributed by atoms with van der Waals surface area (Å²) in [5.74, 6) is -1.37. The van der Waals surface area contributed by atoms with E-state index in [1.54, 1.807) is 12.1 Å². The van der Waals surface area contributed by atoms with Crippen LogP contribution in [0, 0.1) is 6.92 Å². The summed E-state index contributed by atoms with van der Waals surface area (Å²) in [5.41, 5.74) is 1.80. The Kier molecular flexibility index (Phi) is 8.26. The van der Waals surface area contributed by atoms with E-state index in [0.29, 0.717) is 0 Å². The van der Waals surface area contributed by atoms with Gasteiger partial charge in [-0.25, -0.2) is 17.9 Å². The quantitative estimate of drug-likeness (QED) is 0.523. The molecule has 0 spiro atoms. The summed E-state index contributed by atoms with van der Waals surface area (Å²) in [6, 6.07) is 6.13. The fourth-order valence-corrected chi connectivity index (χ4v) is 2.61. The molecule has 1 atom stereocenters. The van der Waals surface area contributed by atoms with Gasteiger partial charge in [0, 0.05) is 18.4 Å². The van der Waals surface area contributed by atoms with E-state index in [-0.39, 0.29) is 13.0 Å². The van der Waals surface area contributed by atoms with Crippen LogP contribution >= 0.6 is 0 Å². The number of hydrogen-bond acceptors (Lipinski definition) is 6. The first-order chi connectivity index (χ1) is 11.8. The molecule has 0 fully saturated rings. The molecule has 25 heavy (non-hydrogen) atoms. The van der Waals surface area contributed by atoms with Crippen molar-refractivity contribution in [3.63, 3.8) is 0 Å². The molecule has 0 aliphatic heterocycles. The van der Waals surface area contributed by atoms with Gasteiger partial charge in [0.1, 0.15) is 0 Å². The molecule has 1 rings (SSSR count). The molecule has 1 aromatic rings. The number of methoxy groups -OCH3 is 1. The second-order valence-electron chi connectivity index (χ2n) is 5.23. The summed E-state index contributed by atoms with van der Waals surface area (Å²) >= 11 is 0. The van der Waals surface area contributed by atoms with Gasteiger partial charge >= 0.3 is 5.97 Å². The first kappa shape index (κ1) is 20.8. The van der Waals surface area contributed by atoms with Crippen LogP contribution in [-0.4, -0.2) is 51.7 Å². The van der Waals surface area contributed by atoms with Gasteiger partial charge in [0.25, 0.3) is 0 Å². The van der Waals surface area contributed by atoms with Crippen molar-refractivity contribution in [1.29, 1.82) is 0 Å². The maximum absolute atomic E-state index is 11.8. The Hall–Kier alpha value is -2.23. The number of rotatable bonds is 9. The fourth-order valence-electron chi connectivity index (χ4n) is 1.79. The van der Waals surface area contributed by atoms with Crippen molar-refractivity contribution < 1.29 is 27.9 Å². The Labute approximate surface area is 146 Å². The van der Waals surface area contributed by atoms with E-state index in [4.69, 9.17) is 5.11 Å². The van der Waals surface area contributed by atoms with Crippen molar-refractivity contribution in [3.05, 3.63) is 40.8 Å². The van der Waals surface area contributed by atoms with E-state index in [1.807, 2.05) is 19.1 Å². The third-order valence-electron chi connectivity index (χ3n) is 3.18. The van der Waals surface area contributed by atoms with Gasteiger partial charge in [-0.1, -0.05) is 29.8 Å². The molecule has 0 saturated heterocycles. The molecule has 0 aromatic heterocycles. The Morgan fingerprint density at radius 3 is 2.48 bits per heavy atom. The molecule has 138 valence electrons. The zero-order valence-electron chi connectivity index (χ0n) is 14.1. The fraction of sp³-hybridized carbons (Fsp3) is 0.375. The summed E-state index contributed by atoms with van der Waals surface area (Å²) in [4.78, 5) is 22.9. The van der Waals surface area contributed by atoms with Gasteiger partial charge in [0.15, 0.2) is 6.04 Å². The van der Waals surface area contributed by atoms with Gasteiger partial charge in [0.2, 0.25) is 15.9 Å². The maximum atomic E-state index is 11.8. The minimum Gasteiger partial charge on any atom is -0.467 e. The SMILES string of the molecule is COC(=O)[C@@H](CO)NC(=O)CCNS(=O)(=O)/C=C/c1ccc(C)cc1. The van der Waals surface area contributed by atoms with Crippen LogP contribution in [0.3, 0.4) is 0 Å². The molecular weight excluding hydrogens is 348 g/mol. The smallest absolute Gasteiger partial charge is 0.330 e. The van der Waals surface area contributed by atoms with Crippen LogP contribution in [0.4, 0.5) is 0 Å². The number of aliphatic hydroxyl groups excluding tert-OH is 1. The molecule has 9 heteroatoms. The molecule has 1 amide bonds. The monoisotopic (exact) mass is 370 g/mol. The number of sulfonamides is 1. The minimum atomic E-state index is -3.69. The number of aryl methyl sites for hydroxylation is 1. The van der Waals surface area contributed by atoms with Crippen molar-refractivity contribution >= 4 is 28.0 Å². The second-order valence-corrected chi connectivity index (χ2v) is 6.88. The highest BCUT2D eigenvalue weighted by Gasteiger charge is 2.20. The average molecular weight is 370 g/mol. The molecule has 0 unspecified atom stereocenters. The van der Waals surface area contributed by atoms with Crippen molar-refractivity contribution in [2.75, 3.05) is 20.3 Å². The van der Waals surface area contributed by atoms with Crippen molar-refractivity contribution in [2.24, 2.45) is 0 Å². The number of esters is 1. The average Bonchev–Trinajstić information content (AvgIpc) is 2.58. The van der Waals surface area contributed by atoms with E-state index in [1.165, 1.54) is 6.08 Å². The molecule has 0 aliphatic rings. The number of carbonyl (C=O) groups is 2. The largest absolute Gasteiger partial charge is 0.467 e. The van der Waals surface area contributed by atoms with E-state index in [0.717, 1.165) is 23.6 Å². The molecule has 0 bridgehead atoms. The van der Waals surface area contributed by atoms with Crippen molar-refractivity contribution in [2.45, 2.75) is 19.4 Å². The topological polar surface area (TPSA) is 122 Å². The predicted octanol–water partition coefficient (Wildman–Crippen LogP) is -0.0747. The molecule has 0 saturated carbocycles. The number of amides is 1. The highest BCUT2D eigenvalue weighted by Crippen LogP contribution is 2.06. The molecule has 0 radical (unpaired) electrons. The molecular formula is C16H22N2O6S. The molecule has 8 nitrogen and oxygen atoms in total. The standard InChI is InChI=1S/C16H22N2O6S/c1-12-3-5-13(6-4-12)8-10-25(22,23)17-9-7-15(20)18-14(11-19)16(21)24-2/h3-6,8,10,14,17,19H,7,9,11H2,1-2H3,(H,18,20)/b10-8+/t14-/m1/s1. The van der Waals surface area contributed by atoms with Crippen LogP contribution in [0.1, 0.15) is 17.5 Å². The lowest BCUT2D eigenvalue weighted by Crippen LogP contribution is -2.44. The van der Waals surface area contributed by atoms with E-state index < -0.39 is 34.5 Å². The van der Waals surface area contributed by atoms with Gasteiger partial charge in [-0.2, -0.15) is 0 Å². The molecule has 0 heterocycles. The van der Waals surface area contributed by atoms with Crippen molar-refractivity contribution in [3.8, 4) is 0 Å². The summed E-state index contributed by atoms with van der Waals surface area (Å²) in [6.45, 7) is 1.17. The Bertz CT molecular complexity index is 713. The third kappa shape index (κ3) is 7.92. The Morgan fingerprint density at radius 1 is 1.28 bits per heavy atom. The highest BCUT2D eigenvalue weighted by atomic mass is 32.2. The van der Waals surface area contributed by atoms with Gasteiger partial charge in [-0.05, 0) is 18.6 Å². The summed E-state index contributed by atoms with van der Waals surface area (Å²) < 4.78 is 30.3. The summed E-state index contributed by atoms with van der Waals surface area (Å²) in [5, 5.41) is 12.3. The number of carbonyl (C=O) groups excluding carboxylic acids is 2. The third-order valence-corrected chi connectivity index (χ3v) is 4.28. The van der Waals surface area contributed by atoms with Crippen LogP contribution < -0.4 is 10.0 Å². The number of aliphatic hydroxyl groups is 1. The Morgan fingerprint density at radius 2 is 1.92 bits per heavy atom. The van der Waals surface area contributed by atoms with E-state index in [9.17, 15) is 18.0 Å². The maximum Gasteiger partial charge on any atom is 0.330 e. The number of nitrogens with one attached hydrogen (secondary N) is 2. The van der Waals surface area contributed by atoms with Crippen LogP contribution in [0.2, 0.25) is 0 Å². The van der Waals surface area contributed by atoms with Crippen molar-refractivity contribution in [1.82, 2.24) is 10.0 Å². The van der Waals surface area contributed by atoms with Crippen LogP contribution in [0.5, 0.6) is 0 Å². The van der Waals surface area contributed by atoms with Gasteiger partial charge in [0.05, 0.1) is 13.7 Å². The van der Waals surface area contributed by atoms with Gasteiger partial charge < -0.3 is 15.2 Å². The number of benzene rings is 1. The lowest BCUT2D eigenvalue weighted by Gasteiger charge is -2.13. The van der Waals surface area contributed by atoms with E-state index >= 15 is 0 Å². The van der Waals surface area contributed by atoms with Gasteiger partial charge in [-0.15, -0.1) is 0 Å². The molecule has 3 N–H and O–H groups in total. The first-order valence-corrected chi connectivity index (χ1v) is 9.04. The second kappa shape index (κ2) is 9.92. The molecule has 1 aromatic carbocycles. The first-order valence-electron chi connectivity index (χ1n) is 7.50. The normalized spacial score (nSPS) is 12.8. The zero-order valence-corrected chi connectivity index (χ0v) is 14.9. The highest BCUT2D eigenvalue weighted by molar-refractivity contribution is 7.92. The van der Waals surface area contributed by atoms with Crippen LogP contribution in [0.15, 0.2) is 29.7 Å². The van der Waals surface area contributed by atoms with Gasteiger partial charge in [-0.3, -0.25) is 4.79 Å². The summed E-state index contributed by atoms with van der Waals surface area (Å²) in [6.07, 6.45) is 1.26. The molecule has 0 aliphatic carbocycles. The Balaban J connectivity index is 2.46. The minimum absolute atomic E-state index is 0.147. The number of hydrogen-bond donors (Lipinski definition) is 3. The predicted molar refractivity (Wildman–Crippen MR) is 92.8 cm³/mol. The van der Waals surface area contributed by atoms with E-state index in [2.05, 4.69) is 14.8 Å². The zero-order chi connectivity index (χ0) is 18.9. The van der Waals surface area contributed by atoms with Crippen LogP contribution in [-0.2, 0) is 24.3 Å². The number of ether oxygens (including phenoxy) is 1. The lowest BCUT2D eigenvalue weighted by molar-refractivity contribution is -0.146. The summed E-state index contributed by atoms with van der Waals surface area (Å²) in [7, 11) is -2.56. The van der Waals surface area contributed by atoms with Crippen LogP contribution in [0.25, 0.3) is 6.08 Å².